The van der Waals surface area contributed by atoms with Gasteiger partial charge in [0.2, 0.25) is 5.91 Å². The fourth-order valence-corrected chi connectivity index (χ4v) is 4.26. The molecule has 2 aliphatic heterocycles. The molecule has 1 aliphatic carbocycles. The summed E-state index contributed by atoms with van der Waals surface area (Å²) in [6.07, 6.45) is 5.36. The Morgan fingerprint density at radius 2 is 2.00 bits per heavy atom. The third-order valence-corrected chi connectivity index (χ3v) is 5.80. The fraction of sp³-hybridized carbons (Fsp3) is 0.579. The van der Waals surface area contributed by atoms with Gasteiger partial charge in [-0.05, 0) is 44.2 Å². The van der Waals surface area contributed by atoms with E-state index < -0.39 is 11.6 Å². The molecule has 1 N–H and O–H groups in total. The summed E-state index contributed by atoms with van der Waals surface area (Å²) in [7, 11) is 0. The summed E-state index contributed by atoms with van der Waals surface area (Å²) >= 11 is 0. The second kappa shape index (κ2) is 6.52. The minimum Gasteiger partial charge on any atom is -0.339 e. The average molecular weight is 363 g/mol. The molecule has 0 radical (unpaired) electrons. The minimum atomic E-state index is -0.784. The maximum atomic E-state index is 13.8. The van der Waals surface area contributed by atoms with Crippen LogP contribution in [0.15, 0.2) is 18.2 Å². The number of carbonyl (C=O) groups excluding carboxylic acids is 2. The van der Waals surface area contributed by atoms with Gasteiger partial charge in [0, 0.05) is 43.6 Å². The van der Waals surface area contributed by atoms with Crippen LogP contribution in [-0.2, 0) is 4.79 Å². The zero-order chi connectivity index (χ0) is 18.3. The summed E-state index contributed by atoms with van der Waals surface area (Å²) in [5.41, 5.74) is -0.0811. The number of hydrogen-bond donors (Lipinski definition) is 1. The SMILES string of the molecule is O=C(Nc1ccc(F)cc1F)N1CCC[C@]2(CCC(=O)N(C3CC3)C2)C1. The van der Waals surface area contributed by atoms with Crippen molar-refractivity contribution in [2.75, 3.05) is 25.0 Å². The number of piperidine rings is 2. The minimum absolute atomic E-state index is 0.0190. The third kappa shape index (κ3) is 3.39. The fourth-order valence-electron chi connectivity index (χ4n) is 4.26. The number of anilines is 1. The van der Waals surface area contributed by atoms with Gasteiger partial charge in [-0.3, -0.25) is 4.79 Å². The molecule has 3 amide bonds. The van der Waals surface area contributed by atoms with Crippen molar-refractivity contribution in [3.8, 4) is 0 Å². The van der Waals surface area contributed by atoms with E-state index in [4.69, 9.17) is 0 Å². The maximum absolute atomic E-state index is 13.8. The van der Waals surface area contributed by atoms with Crippen molar-refractivity contribution < 1.29 is 18.4 Å². The van der Waals surface area contributed by atoms with Crippen LogP contribution in [0, 0.1) is 17.0 Å². The first-order valence-electron chi connectivity index (χ1n) is 9.26. The molecule has 3 fully saturated rings. The van der Waals surface area contributed by atoms with E-state index in [0.29, 0.717) is 32.1 Å². The Morgan fingerprint density at radius 1 is 1.19 bits per heavy atom. The molecule has 0 bridgehead atoms. The van der Waals surface area contributed by atoms with E-state index in [-0.39, 0.29) is 23.0 Å². The van der Waals surface area contributed by atoms with E-state index in [1.54, 1.807) is 4.90 Å². The molecule has 1 saturated carbocycles. The number of carbonyl (C=O) groups is 2. The van der Waals surface area contributed by atoms with Crippen LogP contribution in [0.25, 0.3) is 0 Å². The van der Waals surface area contributed by atoms with Crippen molar-refractivity contribution in [1.82, 2.24) is 9.80 Å². The lowest BCUT2D eigenvalue weighted by Crippen LogP contribution is -2.56. The predicted octanol–water partition coefficient (Wildman–Crippen LogP) is 3.36. The molecule has 1 aromatic rings. The highest BCUT2D eigenvalue weighted by atomic mass is 19.1. The van der Waals surface area contributed by atoms with Crippen LogP contribution in [0.5, 0.6) is 0 Å². The van der Waals surface area contributed by atoms with Crippen LogP contribution in [0.3, 0.4) is 0 Å². The molecule has 4 rings (SSSR count). The first-order chi connectivity index (χ1) is 12.5. The molecule has 0 unspecified atom stereocenters. The maximum Gasteiger partial charge on any atom is 0.321 e. The number of benzene rings is 1. The van der Waals surface area contributed by atoms with Gasteiger partial charge in [-0.25, -0.2) is 13.6 Å². The van der Waals surface area contributed by atoms with Gasteiger partial charge in [-0.2, -0.15) is 0 Å². The normalized spacial score (nSPS) is 26.3. The van der Waals surface area contributed by atoms with Gasteiger partial charge in [0.05, 0.1) is 5.69 Å². The van der Waals surface area contributed by atoms with Gasteiger partial charge in [-0.15, -0.1) is 0 Å². The topological polar surface area (TPSA) is 52.7 Å². The van der Waals surface area contributed by atoms with Crippen molar-refractivity contribution in [3.05, 3.63) is 29.8 Å². The van der Waals surface area contributed by atoms with Crippen molar-refractivity contribution in [1.29, 1.82) is 0 Å². The van der Waals surface area contributed by atoms with Crippen molar-refractivity contribution in [3.63, 3.8) is 0 Å². The molecule has 140 valence electrons. The Balaban J connectivity index is 1.44. The zero-order valence-electron chi connectivity index (χ0n) is 14.6. The largest absolute Gasteiger partial charge is 0.339 e. The molecular formula is C19H23F2N3O2. The number of urea groups is 1. The predicted molar refractivity (Wildman–Crippen MR) is 92.6 cm³/mol. The Bertz CT molecular complexity index is 737. The lowest BCUT2D eigenvalue weighted by molar-refractivity contribution is -0.139. The highest BCUT2D eigenvalue weighted by Gasteiger charge is 2.46. The Labute approximate surface area is 151 Å². The summed E-state index contributed by atoms with van der Waals surface area (Å²) < 4.78 is 26.8. The molecule has 0 aromatic heterocycles. The number of hydrogen-bond acceptors (Lipinski definition) is 2. The molecular weight excluding hydrogens is 340 g/mol. The van der Waals surface area contributed by atoms with E-state index in [1.807, 2.05) is 4.90 Å². The standard InChI is InChI=1S/C19H23F2N3O2/c20-13-2-5-16(15(21)10-13)22-18(26)23-9-1-7-19(11-23)8-6-17(25)24(12-19)14-3-4-14/h2,5,10,14H,1,3-4,6-9,11-12H2,(H,22,26)/t19-/m0/s1. The highest BCUT2D eigenvalue weighted by Crippen LogP contribution is 2.42. The average Bonchev–Trinajstić information content (AvgIpc) is 3.45. The van der Waals surface area contributed by atoms with Gasteiger partial charge in [0.1, 0.15) is 11.6 Å². The molecule has 26 heavy (non-hydrogen) atoms. The molecule has 7 heteroatoms. The zero-order valence-corrected chi connectivity index (χ0v) is 14.6. The van der Waals surface area contributed by atoms with Crippen LogP contribution >= 0.6 is 0 Å². The van der Waals surface area contributed by atoms with Gasteiger partial charge < -0.3 is 15.1 Å². The number of rotatable bonds is 2. The van der Waals surface area contributed by atoms with Gasteiger partial charge in [-0.1, -0.05) is 0 Å². The van der Waals surface area contributed by atoms with Gasteiger partial charge in [0.25, 0.3) is 0 Å². The molecule has 1 spiro atoms. The van der Waals surface area contributed by atoms with E-state index in [9.17, 15) is 18.4 Å². The highest BCUT2D eigenvalue weighted by molar-refractivity contribution is 5.89. The van der Waals surface area contributed by atoms with E-state index in [1.165, 1.54) is 6.07 Å². The number of amides is 3. The van der Waals surface area contributed by atoms with E-state index >= 15 is 0 Å². The van der Waals surface area contributed by atoms with Gasteiger partial charge in [0.15, 0.2) is 0 Å². The van der Waals surface area contributed by atoms with E-state index in [2.05, 4.69) is 5.32 Å². The number of halogens is 2. The molecule has 5 nitrogen and oxygen atoms in total. The molecule has 1 aromatic carbocycles. The summed E-state index contributed by atoms with van der Waals surface area (Å²) in [6.45, 7) is 1.89. The summed E-state index contributed by atoms with van der Waals surface area (Å²) in [5.74, 6) is -1.23. The second-order valence-electron chi connectivity index (χ2n) is 7.83. The lowest BCUT2D eigenvalue weighted by atomic mass is 9.73. The Morgan fingerprint density at radius 3 is 2.73 bits per heavy atom. The summed E-state index contributed by atoms with van der Waals surface area (Å²) in [6, 6.07) is 3.13. The number of nitrogens with zero attached hydrogens (tertiary/aromatic N) is 2. The second-order valence-corrected chi connectivity index (χ2v) is 7.83. The smallest absolute Gasteiger partial charge is 0.321 e. The van der Waals surface area contributed by atoms with Crippen LogP contribution in [0.2, 0.25) is 0 Å². The lowest BCUT2D eigenvalue weighted by Gasteiger charge is -2.48. The molecule has 1 atom stereocenters. The Hall–Kier alpha value is -2.18. The monoisotopic (exact) mass is 363 g/mol. The number of likely N-dealkylation sites (tertiary alicyclic amines) is 2. The van der Waals surface area contributed by atoms with Crippen LogP contribution in [0.4, 0.5) is 19.3 Å². The first kappa shape index (κ1) is 17.2. The van der Waals surface area contributed by atoms with Crippen molar-refractivity contribution in [2.24, 2.45) is 5.41 Å². The quantitative estimate of drug-likeness (QED) is 0.876. The first-order valence-corrected chi connectivity index (χ1v) is 9.26. The van der Waals surface area contributed by atoms with Gasteiger partial charge >= 0.3 is 6.03 Å². The van der Waals surface area contributed by atoms with Crippen LogP contribution in [0.1, 0.15) is 38.5 Å². The summed E-state index contributed by atoms with van der Waals surface area (Å²) in [4.78, 5) is 28.5. The molecule has 3 aliphatic rings. The Kier molecular flexibility index (Phi) is 4.32. The third-order valence-electron chi connectivity index (χ3n) is 5.80. The van der Waals surface area contributed by atoms with Crippen molar-refractivity contribution in [2.45, 2.75) is 44.6 Å². The van der Waals surface area contributed by atoms with E-state index in [0.717, 1.165) is 44.2 Å². The molecule has 2 saturated heterocycles. The summed E-state index contributed by atoms with van der Waals surface area (Å²) in [5, 5.41) is 2.55. The van der Waals surface area contributed by atoms with Crippen LogP contribution < -0.4 is 5.32 Å². The number of nitrogens with one attached hydrogen (secondary N) is 1. The molecule has 2 heterocycles. The van der Waals surface area contributed by atoms with Crippen LogP contribution in [-0.4, -0.2) is 47.4 Å². The van der Waals surface area contributed by atoms with Crippen molar-refractivity contribution >= 4 is 17.6 Å².